The van der Waals surface area contributed by atoms with Gasteiger partial charge in [-0.25, -0.2) is 4.98 Å². The normalized spacial score (nSPS) is 25.7. The van der Waals surface area contributed by atoms with Crippen molar-refractivity contribution in [2.75, 3.05) is 6.54 Å². The van der Waals surface area contributed by atoms with Crippen LogP contribution in [0.25, 0.3) is 10.8 Å². The molecule has 0 aliphatic carbocycles. The Morgan fingerprint density at radius 3 is 2.77 bits per heavy atom. The highest BCUT2D eigenvalue weighted by atomic mass is 32.1. The number of fused-ring (bicyclic) bond motifs is 1. The van der Waals surface area contributed by atoms with Crippen molar-refractivity contribution < 1.29 is 4.52 Å². The van der Waals surface area contributed by atoms with E-state index in [4.69, 9.17) is 9.51 Å². The van der Waals surface area contributed by atoms with Crippen LogP contribution in [-0.2, 0) is 0 Å². The summed E-state index contributed by atoms with van der Waals surface area (Å²) in [5, 5.41) is 5.41. The van der Waals surface area contributed by atoms with Crippen molar-refractivity contribution in [1.82, 2.24) is 20.0 Å². The van der Waals surface area contributed by atoms with Gasteiger partial charge in [0.25, 0.3) is 5.89 Å². The molecule has 5 nitrogen and oxygen atoms in total. The number of benzene rings is 1. The van der Waals surface area contributed by atoms with Gasteiger partial charge >= 0.3 is 0 Å². The number of hydrogen-bond acceptors (Lipinski definition) is 6. The lowest BCUT2D eigenvalue weighted by atomic mass is 9.94. The quantitative estimate of drug-likeness (QED) is 0.683. The Hall–Kier alpha value is -2.05. The molecule has 4 heterocycles. The largest absolute Gasteiger partial charge is 0.333 e. The van der Waals surface area contributed by atoms with Crippen LogP contribution in [0.4, 0.5) is 0 Å². The number of rotatable bonds is 3. The third-order valence-electron chi connectivity index (χ3n) is 5.74. The molecule has 5 rings (SSSR count). The van der Waals surface area contributed by atoms with Crippen LogP contribution >= 0.6 is 11.3 Å². The minimum atomic E-state index is 0.342. The van der Waals surface area contributed by atoms with Gasteiger partial charge in [0, 0.05) is 18.0 Å². The van der Waals surface area contributed by atoms with Crippen LogP contribution in [0.15, 0.2) is 34.9 Å². The van der Waals surface area contributed by atoms with Crippen molar-refractivity contribution in [1.29, 1.82) is 0 Å². The highest BCUT2D eigenvalue weighted by Crippen LogP contribution is 2.48. The Morgan fingerprint density at radius 2 is 2.00 bits per heavy atom. The molecule has 0 N–H and O–H groups in total. The second-order valence-electron chi connectivity index (χ2n) is 7.32. The molecule has 0 unspecified atom stereocenters. The fourth-order valence-corrected chi connectivity index (χ4v) is 5.50. The Morgan fingerprint density at radius 1 is 1.15 bits per heavy atom. The molecular formula is C20H22N4OS. The van der Waals surface area contributed by atoms with E-state index in [9.17, 15) is 0 Å². The summed E-state index contributed by atoms with van der Waals surface area (Å²) in [6.45, 7) is 5.18. The van der Waals surface area contributed by atoms with Crippen LogP contribution in [-0.4, -0.2) is 32.6 Å². The molecule has 6 heteroatoms. The van der Waals surface area contributed by atoms with Crippen LogP contribution in [0.5, 0.6) is 0 Å². The first-order valence-corrected chi connectivity index (χ1v) is 10.1. The Labute approximate surface area is 157 Å². The maximum Gasteiger partial charge on any atom is 0.269 e. The Balaban J connectivity index is 1.46. The van der Waals surface area contributed by atoms with E-state index in [0.29, 0.717) is 23.9 Å². The lowest BCUT2D eigenvalue weighted by Gasteiger charge is -2.24. The number of thiazole rings is 1. The van der Waals surface area contributed by atoms with Gasteiger partial charge in [-0.05, 0) is 45.2 Å². The molecule has 0 saturated carbocycles. The molecule has 1 aromatic carbocycles. The van der Waals surface area contributed by atoms with Crippen molar-refractivity contribution in [3.05, 3.63) is 52.4 Å². The van der Waals surface area contributed by atoms with Crippen molar-refractivity contribution >= 4 is 11.3 Å². The Kier molecular flexibility index (Phi) is 3.90. The summed E-state index contributed by atoms with van der Waals surface area (Å²) >= 11 is 1.62. The zero-order valence-corrected chi connectivity index (χ0v) is 15.9. The summed E-state index contributed by atoms with van der Waals surface area (Å²) < 4.78 is 5.64. The average molecular weight is 366 g/mol. The van der Waals surface area contributed by atoms with Gasteiger partial charge in [0.1, 0.15) is 4.88 Å². The summed E-state index contributed by atoms with van der Waals surface area (Å²) in [5.74, 6) is 1.83. The standard InChI is InChI=1S/C20H22N4OS/c1-12-18(26-13(2)21-12)20-22-19(23-25-20)15-11-17(14-7-4-3-5-8-14)24-10-6-9-16(15)24/h3-5,7-8,15-17H,6,9-11H2,1-2H3/t15-,16+,17-/m0/s1. The lowest BCUT2D eigenvalue weighted by Crippen LogP contribution is -2.27. The van der Waals surface area contributed by atoms with Crippen LogP contribution in [0.2, 0.25) is 0 Å². The van der Waals surface area contributed by atoms with E-state index < -0.39 is 0 Å². The fraction of sp³-hybridized carbons (Fsp3) is 0.450. The number of hydrogen-bond donors (Lipinski definition) is 0. The first-order chi connectivity index (χ1) is 12.7. The van der Waals surface area contributed by atoms with Crippen molar-refractivity contribution in [2.24, 2.45) is 0 Å². The average Bonchev–Trinajstić information content (AvgIpc) is 3.39. The van der Waals surface area contributed by atoms with Crippen LogP contribution in [0.1, 0.15) is 53.3 Å². The lowest BCUT2D eigenvalue weighted by molar-refractivity contribution is 0.243. The molecule has 134 valence electrons. The van der Waals surface area contributed by atoms with Gasteiger partial charge < -0.3 is 4.52 Å². The molecule has 0 amide bonds. The van der Waals surface area contributed by atoms with E-state index in [1.54, 1.807) is 11.3 Å². The smallest absolute Gasteiger partial charge is 0.269 e. The van der Waals surface area contributed by atoms with Crippen LogP contribution < -0.4 is 0 Å². The summed E-state index contributed by atoms with van der Waals surface area (Å²) in [5.41, 5.74) is 2.37. The molecule has 2 fully saturated rings. The highest BCUT2D eigenvalue weighted by Gasteiger charge is 2.46. The fourth-order valence-electron chi connectivity index (χ4n) is 4.65. The third kappa shape index (κ3) is 2.59. The molecule has 2 saturated heterocycles. The predicted octanol–water partition coefficient (Wildman–Crippen LogP) is 4.50. The molecule has 2 aliphatic heterocycles. The molecule has 0 bridgehead atoms. The van der Waals surface area contributed by atoms with E-state index in [1.807, 2.05) is 13.8 Å². The van der Waals surface area contributed by atoms with Gasteiger partial charge in [-0.3, -0.25) is 4.90 Å². The minimum absolute atomic E-state index is 0.342. The second kappa shape index (κ2) is 6.28. The van der Waals surface area contributed by atoms with Gasteiger partial charge in [0.15, 0.2) is 5.82 Å². The highest BCUT2D eigenvalue weighted by molar-refractivity contribution is 7.15. The first kappa shape index (κ1) is 16.1. The van der Waals surface area contributed by atoms with Crippen LogP contribution in [0, 0.1) is 13.8 Å². The number of aryl methyl sites for hydroxylation is 2. The van der Waals surface area contributed by atoms with Gasteiger partial charge in [-0.15, -0.1) is 11.3 Å². The number of aromatic nitrogens is 3. The zero-order valence-electron chi connectivity index (χ0n) is 15.1. The molecule has 3 atom stereocenters. The Bertz CT molecular complexity index is 919. The second-order valence-corrected chi connectivity index (χ2v) is 8.52. The van der Waals surface area contributed by atoms with Crippen molar-refractivity contribution in [3.63, 3.8) is 0 Å². The summed E-state index contributed by atoms with van der Waals surface area (Å²) in [7, 11) is 0. The van der Waals surface area contributed by atoms with E-state index in [1.165, 1.54) is 24.9 Å². The van der Waals surface area contributed by atoms with Crippen molar-refractivity contribution in [2.45, 2.75) is 51.1 Å². The molecule has 0 radical (unpaired) electrons. The van der Waals surface area contributed by atoms with E-state index in [0.717, 1.165) is 27.8 Å². The summed E-state index contributed by atoms with van der Waals surface area (Å²) in [6, 6.07) is 11.8. The zero-order chi connectivity index (χ0) is 17.7. The molecule has 2 aromatic heterocycles. The third-order valence-corrected chi connectivity index (χ3v) is 6.80. The van der Waals surface area contributed by atoms with E-state index in [2.05, 4.69) is 45.4 Å². The summed E-state index contributed by atoms with van der Waals surface area (Å²) in [4.78, 5) is 12.9. The van der Waals surface area contributed by atoms with E-state index >= 15 is 0 Å². The van der Waals surface area contributed by atoms with E-state index in [-0.39, 0.29) is 0 Å². The molecule has 26 heavy (non-hydrogen) atoms. The minimum Gasteiger partial charge on any atom is -0.333 e. The molecular weight excluding hydrogens is 344 g/mol. The first-order valence-electron chi connectivity index (χ1n) is 9.29. The van der Waals surface area contributed by atoms with Gasteiger partial charge in [-0.2, -0.15) is 4.98 Å². The topological polar surface area (TPSA) is 55.1 Å². The SMILES string of the molecule is Cc1nc(C)c(-c2nc([C@H]3C[C@@H](c4ccccc4)N4CCC[C@H]34)no2)s1. The molecule has 3 aromatic rings. The van der Waals surface area contributed by atoms with Crippen LogP contribution in [0.3, 0.4) is 0 Å². The maximum absolute atomic E-state index is 5.64. The predicted molar refractivity (Wildman–Crippen MR) is 101 cm³/mol. The van der Waals surface area contributed by atoms with Gasteiger partial charge in [0.2, 0.25) is 0 Å². The summed E-state index contributed by atoms with van der Waals surface area (Å²) in [6.07, 6.45) is 3.53. The number of nitrogens with zero attached hydrogens (tertiary/aromatic N) is 4. The monoisotopic (exact) mass is 366 g/mol. The van der Waals surface area contributed by atoms with Gasteiger partial charge in [0.05, 0.1) is 10.7 Å². The molecule has 2 aliphatic rings. The van der Waals surface area contributed by atoms with Crippen molar-refractivity contribution in [3.8, 4) is 10.8 Å². The molecule has 0 spiro atoms. The maximum atomic E-state index is 5.64. The van der Waals surface area contributed by atoms with Gasteiger partial charge in [-0.1, -0.05) is 35.5 Å².